The highest BCUT2D eigenvalue weighted by molar-refractivity contribution is 7.74. The predicted molar refractivity (Wildman–Crippen MR) is 130 cm³/mol. The van der Waals surface area contributed by atoms with E-state index in [1.54, 1.807) is 52.0 Å². The summed E-state index contributed by atoms with van der Waals surface area (Å²) >= 11 is 0. The van der Waals surface area contributed by atoms with E-state index in [1.807, 2.05) is 0 Å². The average Bonchev–Trinajstić information content (AvgIpc) is 2.75. The molecule has 1 heterocycles. The molecule has 0 amide bonds. The fourth-order valence-electron chi connectivity index (χ4n) is 4.37. The van der Waals surface area contributed by atoms with Crippen LogP contribution < -0.4 is 21.0 Å². The van der Waals surface area contributed by atoms with Crippen LogP contribution in [0.4, 0.5) is 13.2 Å². The van der Waals surface area contributed by atoms with Gasteiger partial charge in [0.25, 0.3) is 7.37 Å². The third kappa shape index (κ3) is 3.93. The molecule has 0 aliphatic carbocycles. The summed E-state index contributed by atoms with van der Waals surface area (Å²) in [4.78, 5) is 12.1. The molecule has 3 aromatic rings. The molecule has 0 bridgehead atoms. The molecule has 0 aromatic heterocycles. The molecule has 1 aliphatic rings. The monoisotopic (exact) mass is 500 g/mol. The summed E-state index contributed by atoms with van der Waals surface area (Å²) in [6.45, 7) is 12.0. The maximum atomic E-state index is 15.7. The first-order valence-electron chi connectivity index (χ1n) is 10.8. The van der Waals surface area contributed by atoms with Crippen LogP contribution in [0.25, 0.3) is 12.2 Å². The molecule has 4 nitrogen and oxygen atoms in total. The Balaban J connectivity index is 2.33. The van der Waals surface area contributed by atoms with E-state index >= 15 is 4.39 Å². The standard InChI is InChI=1S/C27H24F3O4P/c1-13-7-9-16-18(11-13)35(33,34-27(4,5)6)19-12-14(2)8-10-17(19)20(16)21-22(26(31)32)25(30)24(29)15(3)23(21)28/h7-12H,1H2,2-6H3,(H,31,32). The highest BCUT2D eigenvalue weighted by Gasteiger charge is 2.42. The summed E-state index contributed by atoms with van der Waals surface area (Å²) in [5, 5.41) is 10.9. The number of carboxylic acids is 1. The van der Waals surface area contributed by atoms with Crippen molar-refractivity contribution in [3.63, 3.8) is 0 Å². The van der Waals surface area contributed by atoms with Gasteiger partial charge in [0.05, 0.1) is 5.60 Å². The smallest absolute Gasteiger partial charge is 0.339 e. The van der Waals surface area contributed by atoms with Gasteiger partial charge in [-0.15, -0.1) is 0 Å². The minimum atomic E-state index is -3.81. The van der Waals surface area contributed by atoms with Crippen LogP contribution in [0.3, 0.4) is 0 Å². The molecule has 182 valence electrons. The summed E-state index contributed by atoms with van der Waals surface area (Å²) in [6.07, 6.45) is 0. The minimum Gasteiger partial charge on any atom is -0.478 e. The fourth-order valence-corrected chi connectivity index (χ4v) is 7.31. The molecule has 0 saturated heterocycles. The van der Waals surface area contributed by atoms with Crippen molar-refractivity contribution in [1.29, 1.82) is 0 Å². The number of aryl methyl sites for hydroxylation is 1. The molecule has 35 heavy (non-hydrogen) atoms. The van der Waals surface area contributed by atoms with Crippen LogP contribution >= 0.6 is 7.37 Å². The highest BCUT2D eigenvalue weighted by atomic mass is 31.2. The molecule has 0 fully saturated rings. The van der Waals surface area contributed by atoms with Crippen molar-refractivity contribution >= 4 is 36.1 Å². The Bertz CT molecular complexity index is 1590. The normalized spacial score (nSPS) is 17.2. The molecule has 1 N–H and O–H groups in total. The zero-order valence-electron chi connectivity index (χ0n) is 19.9. The lowest BCUT2D eigenvalue weighted by Crippen LogP contribution is -2.42. The van der Waals surface area contributed by atoms with E-state index < -0.39 is 53.1 Å². The van der Waals surface area contributed by atoms with E-state index in [-0.39, 0.29) is 27.0 Å². The van der Waals surface area contributed by atoms with E-state index in [9.17, 15) is 23.2 Å². The lowest BCUT2D eigenvalue weighted by atomic mass is 9.88. The zero-order valence-corrected chi connectivity index (χ0v) is 20.8. The molecule has 8 heteroatoms. The van der Waals surface area contributed by atoms with E-state index in [4.69, 9.17) is 4.52 Å². The molecule has 0 saturated carbocycles. The van der Waals surface area contributed by atoms with E-state index in [2.05, 4.69) is 6.58 Å². The van der Waals surface area contributed by atoms with Gasteiger partial charge in [0, 0.05) is 27.3 Å². The Labute approximate surface area is 200 Å². The molecule has 1 unspecified atom stereocenters. The van der Waals surface area contributed by atoms with Crippen molar-refractivity contribution in [2.75, 3.05) is 0 Å². The second-order valence-electron chi connectivity index (χ2n) is 9.62. The van der Waals surface area contributed by atoms with Gasteiger partial charge in [0.15, 0.2) is 11.6 Å². The van der Waals surface area contributed by atoms with E-state index in [1.165, 1.54) is 12.1 Å². The average molecular weight is 500 g/mol. The van der Waals surface area contributed by atoms with Gasteiger partial charge in [-0.25, -0.2) is 18.0 Å². The Kier molecular flexibility index (Phi) is 5.86. The van der Waals surface area contributed by atoms with Gasteiger partial charge in [-0.05, 0) is 62.8 Å². The number of hydrogen-bond donors (Lipinski definition) is 1. The number of benzene rings is 3. The second-order valence-corrected chi connectivity index (χ2v) is 11.9. The third-order valence-corrected chi connectivity index (χ3v) is 8.61. The minimum absolute atomic E-state index is 0.00381. The van der Waals surface area contributed by atoms with Crippen molar-refractivity contribution in [2.24, 2.45) is 0 Å². The quantitative estimate of drug-likeness (QED) is 0.427. The Morgan fingerprint density at radius 1 is 0.971 bits per heavy atom. The first-order valence-corrected chi connectivity index (χ1v) is 12.5. The largest absolute Gasteiger partial charge is 0.478 e. The highest BCUT2D eigenvalue weighted by Crippen LogP contribution is 2.51. The van der Waals surface area contributed by atoms with Crippen LogP contribution in [-0.2, 0) is 9.09 Å². The molecule has 4 rings (SSSR count). The second kappa shape index (κ2) is 8.21. The predicted octanol–water partition coefficient (Wildman–Crippen LogP) is 4.43. The lowest BCUT2D eigenvalue weighted by molar-refractivity contribution is 0.0689. The van der Waals surface area contributed by atoms with Gasteiger partial charge in [0.2, 0.25) is 0 Å². The lowest BCUT2D eigenvalue weighted by Gasteiger charge is -2.33. The topological polar surface area (TPSA) is 63.6 Å². The summed E-state index contributed by atoms with van der Waals surface area (Å²) in [5.74, 6) is -6.27. The molecule has 0 spiro atoms. The number of halogens is 3. The van der Waals surface area contributed by atoms with E-state index in [0.717, 1.165) is 12.5 Å². The zero-order chi connectivity index (χ0) is 26.0. The summed E-state index contributed by atoms with van der Waals surface area (Å²) < 4.78 is 65.8. The molecule has 1 aliphatic heterocycles. The molecular formula is C27H24F3O4P. The van der Waals surface area contributed by atoms with Gasteiger partial charge in [-0.3, -0.25) is 4.57 Å². The van der Waals surface area contributed by atoms with Crippen LogP contribution in [0.2, 0.25) is 0 Å². The van der Waals surface area contributed by atoms with E-state index in [0.29, 0.717) is 5.22 Å². The maximum absolute atomic E-state index is 15.7. The molecular weight excluding hydrogens is 476 g/mol. The fraction of sp³-hybridized carbons (Fsp3) is 0.222. The number of aromatic carboxylic acids is 1. The van der Waals surface area contributed by atoms with Gasteiger partial charge in [0.1, 0.15) is 11.4 Å². The summed E-state index contributed by atoms with van der Waals surface area (Å²) in [7, 11) is -3.81. The van der Waals surface area contributed by atoms with Gasteiger partial charge in [-0.1, -0.05) is 36.4 Å². The van der Waals surface area contributed by atoms with Crippen LogP contribution in [0.15, 0.2) is 36.4 Å². The van der Waals surface area contributed by atoms with Crippen LogP contribution in [0, 0.1) is 31.3 Å². The SMILES string of the molecule is C=c1ccc2c(c1)P(=O)(OC(C)(C)C)c1cc(C)ccc1C=2c1c(F)c(C)c(F)c(F)c1C(=O)O. The van der Waals surface area contributed by atoms with Gasteiger partial charge in [-0.2, -0.15) is 0 Å². The van der Waals surface area contributed by atoms with Crippen LogP contribution in [-0.4, -0.2) is 16.7 Å². The number of hydrogen-bond acceptors (Lipinski definition) is 3. The Morgan fingerprint density at radius 2 is 1.63 bits per heavy atom. The van der Waals surface area contributed by atoms with Gasteiger partial charge >= 0.3 is 5.97 Å². The molecule has 0 radical (unpaired) electrons. The maximum Gasteiger partial charge on any atom is 0.339 e. The summed E-state index contributed by atoms with van der Waals surface area (Å²) in [6, 6.07) is 9.54. The number of rotatable bonds is 3. The molecule has 3 aromatic carbocycles. The van der Waals surface area contributed by atoms with Crippen molar-refractivity contribution in [1.82, 2.24) is 0 Å². The number of fused-ring (bicyclic) bond motifs is 2. The van der Waals surface area contributed by atoms with Crippen LogP contribution in [0.5, 0.6) is 0 Å². The first-order chi connectivity index (χ1) is 16.2. The van der Waals surface area contributed by atoms with Crippen LogP contribution in [0.1, 0.15) is 53.4 Å². The van der Waals surface area contributed by atoms with Crippen molar-refractivity contribution in [3.05, 3.63) is 92.1 Å². The number of carbonyl (C=O) groups is 1. The van der Waals surface area contributed by atoms with Crippen molar-refractivity contribution in [3.8, 4) is 0 Å². The van der Waals surface area contributed by atoms with Crippen molar-refractivity contribution in [2.45, 2.75) is 40.2 Å². The van der Waals surface area contributed by atoms with Crippen molar-refractivity contribution < 1.29 is 32.2 Å². The summed E-state index contributed by atoms with van der Waals surface area (Å²) in [5.41, 5.74) is -2.30. The van der Waals surface area contributed by atoms with Gasteiger partial charge < -0.3 is 9.63 Å². The third-order valence-electron chi connectivity index (χ3n) is 5.79. The Morgan fingerprint density at radius 3 is 2.23 bits per heavy atom. The Hall–Kier alpha value is -3.15. The number of carboxylic acid groups (broad SMARTS) is 1. The first kappa shape index (κ1) is 25.0. The molecule has 1 atom stereocenters.